The molecule has 1 spiro atoms. The van der Waals surface area contributed by atoms with Crippen LogP contribution >= 0.6 is 0 Å². The number of fused-ring (bicyclic) bond motifs is 2. The van der Waals surface area contributed by atoms with Gasteiger partial charge in [0.1, 0.15) is 11.4 Å². The van der Waals surface area contributed by atoms with E-state index in [-0.39, 0.29) is 5.60 Å². The molecule has 5 heteroatoms. The molecule has 3 aromatic rings. The molecule has 0 aliphatic carbocycles. The number of β-amino-alcohol motifs (C(OH)–C–C–N with tert-alkyl or cyclic N) is 1. The van der Waals surface area contributed by atoms with E-state index >= 15 is 0 Å². The van der Waals surface area contributed by atoms with E-state index in [4.69, 9.17) is 4.74 Å². The molecular formula is C25H30N2O3. The molecule has 158 valence electrons. The molecule has 1 fully saturated rings. The van der Waals surface area contributed by atoms with Gasteiger partial charge < -0.3 is 24.8 Å². The minimum atomic E-state index is -0.531. The van der Waals surface area contributed by atoms with Gasteiger partial charge in [0, 0.05) is 53.8 Å². The Kier molecular flexibility index (Phi) is 4.85. The van der Waals surface area contributed by atoms with Gasteiger partial charge in [-0.3, -0.25) is 0 Å². The monoisotopic (exact) mass is 406 g/mol. The zero-order valence-electron chi connectivity index (χ0n) is 17.7. The van der Waals surface area contributed by atoms with Gasteiger partial charge in [0.05, 0.1) is 12.2 Å². The molecule has 0 bridgehead atoms. The summed E-state index contributed by atoms with van der Waals surface area (Å²) in [4.78, 5) is 5.70. The highest BCUT2D eigenvalue weighted by Gasteiger charge is 2.43. The first-order valence-corrected chi connectivity index (χ1v) is 10.9. The van der Waals surface area contributed by atoms with Crippen LogP contribution in [0.1, 0.15) is 53.9 Å². The number of benzene rings is 2. The maximum atomic E-state index is 11.0. The number of piperidine rings is 1. The molecule has 2 atom stereocenters. The molecule has 2 unspecified atom stereocenters. The minimum absolute atomic E-state index is 0.306. The number of aryl methyl sites for hydroxylation is 2. The van der Waals surface area contributed by atoms with Crippen molar-refractivity contribution in [1.82, 2.24) is 9.88 Å². The predicted molar refractivity (Wildman–Crippen MR) is 118 cm³/mol. The summed E-state index contributed by atoms with van der Waals surface area (Å²) in [5.41, 5.74) is 4.85. The van der Waals surface area contributed by atoms with Crippen molar-refractivity contribution < 1.29 is 14.9 Å². The highest BCUT2D eigenvalue weighted by molar-refractivity contribution is 5.84. The quantitative estimate of drug-likeness (QED) is 0.611. The van der Waals surface area contributed by atoms with Gasteiger partial charge in [0.25, 0.3) is 0 Å². The number of aliphatic hydroxyl groups is 2. The maximum absolute atomic E-state index is 11.0. The number of hydrogen-bond acceptors (Lipinski definition) is 4. The van der Waals surface area contributed by atoms with E-state index in [1.54, 1.807) is 0 Å². The Balaban J connectivity index is 1.27. The third-order valence-electron chi connectivity index (χ3n) is 6.89. The number of rotatable bonds is 3. The van der Waals surface area contributed by atoms with Gasteiger partial charge in [-0.2, -0.15) is 0 Å². The van der Waals surface area contributed by atoms with Gasteiger partial charge in [-0.05, 0) is 44.9 Å². The Labute approximate surface area is 177 Å². The molecule has 2 aliphatic rings. The first kappa shape index (κ1) is 19.6. The third kappa shape index (κ3) is 3.41. The van der Waals surface area contributed by atoms with E-state index in [2.05, 4.69) is 16.0 Å². The normalized spacial score (nSPS) is 22.1. The topological polar surface area (TPSA) is 68.7 Å². The number of H-pyrrole nitrogens is 1. The fourth-order valence-electron chi connectivity index (χ4n) is 5.27. The Morgan fingerprint density at radius 1 is 1.17 bits per heavy atom. The van der Waals surface area contributed by atoms with E-state index in [0.717, 1.165) is 65.0 Å². The number of aromatic nitrogens is 1. The molecule has 5 rings (SSSR count). The fraction of sp³-hybridized carbons (Fsp3) is 0.440. The summed E-state index contributed by atoms with van der Waals surface area (Å²) in [6.45, 7) is 6.38. The van der Waals surface area contributed by atoms with Crippen molar-refractivity contribution in [1.29, 1.82) is 0 Å². The highest BCUT2D eigenvalue weighted by Crippen LogP contribution is 2.44. The molecule has 30 heavy (non-hydrogen) atoms. The van der Waals surface area contributed by atoms with Crippen molar-refractivity contribution in [3.8, 4) is 5.75 Å². The molecule has 2 aromatic carbocycles. The van der Waals surface area contributed by atoms with E-state index in [1.807, 2.05) is 50.2 Å². The van der Waals surface area contributed by atoms with Crippen LogP contribution < -0.4 is 4.74 Å². The number of para-hydroxylation sites is 1. The van der Waals surface area contributed by atoms with Crippen LogP contribution in [-0.4, -0.2) is 45.3 Å². The van der Waals surface area contributed by atoms with E-state index < -0.39 is 12.2 Å². The number of likely N-dealkylation sites (tertiary alicyclic amines) is 1. The Hall–Kier alpha value is -2.34. The third-order valence-corrected chi connectivity index (χ3v) is 6.89. The Morgan fingerprint density at radius 2 is 1.93 bits per heavy atom. The zero-order chi connectivity index (χ0) is 20.9. The Bertz CT molecular complexity index is 1070. The lowest BCUT2D eigenvalue weighted by molar-refractivity contribution is -0.0587. The molecular weight excluding hydrogens is 376 g/mol. The number of aliphatic hydroxyl groups excluding tert-OH is 2. The molecule has 0 amide bonds. The van der Waals surface area contributed by atoms with Gasteiger partial charge in [0.2, 0.25) is 0 Å². The molecule has 3 N–H and O–H groups in total. The van der Waals surface area contributed by atoms with Gasteiger partial charge in [-0.25, -0.2) is 0 Å². The minimum Gasteiger partial charge on any atom is -0.487 e. The highest BCUT2D eigenvalue weighted by atomic mass is 16.5. The van der Waals surface area contributed by atoms with Crippen molar-refractivity contribution in [2.45, 2.75) is 50.9 Å². The van der Waals surface area contributed by atoms with E-state index in [1.165, 1.54) is 0 Å². The largest absolute Gasteiger partial charge is 0.487 e. The molecule has 2 aliphatic heterocycles. The second kappa shape index (κ2) is 7.41. The predicted octanol–water partition coefficient (Wildman–Crippen LogP) is 4.17. The van der Waals surface area contributed by atoms with Crippen LogP contribution in [0, 0.1) is 13.8 Å². The van der Waals surface area contributed by atoms with E-state index in [0.29, 0.717) is 13.0 Å². The average molecular weight is 407 g/mol. The van der Waals surface area contributed by atoms with Crippen LogP contribution in [0.15, 0.2) is 42.5 Å². The number of nitrogens with one attached hydrogen (secondary N) is 1. The average Bonchev–Trinajstić information content (AvgIpc) is 3.06. The zero-order valence-corrected chi connectivity index (χ0v) is 17.7. The van der Waals surface area contributed by atoms with Gasteiger partial charge >= 0.3 is 0 Å². The second-order valence-corrected chi connectivity index (χ2v) is 9.07. The summed E-state index contributed by atoms with van der Waals surface area (Å²) in [6.07, 6.45) is 1.35. The fourth-order valence-corrected chi connectivity index (χ4v) is 5.27. The molecule has 5 nitrogen and oxygen atoms in total. The lowest BCUT2D eigenvalue weighted by atomic mass is 9.81. The smallest absolute Gasteiger partial charge is 0.125 e. The number of aromatic amines is 1. The summed E-state index contributed by atoms with van der Waals surface area (Å²) >= 11 is 0. The summed E-state index contributed by atoms with van der Waals surface area (Å²) in [6, 6.07) is 14.2. The molecule has 0 saturated carbocycles. The molecule has 3 heterocycles. The molecule has 1 aromatic heterocycles. The summed E-state index contributed by atoms with van der Waals surface area (Å²) < 4.78 is 6.43. The van der Waals surface area contributed by atoms with Crippen LogP contribution in [0.3, 0.4) is 0 Å². The second-order valence-electron chi connectivity index (χ2n) is 9.07. The van der Waals surface area contributed by atoms with Crippen LogP contribution in [0.2, 0.25) is 0 Å². The number of hydrogen-bond donors (Lipinski definition) is 3. The molecule has 1 saturated heterocycles. The lowest BCUT2D eigenvalue weighted by Crippen LogP contribution is -2.51. The van der Waals surface area contributed by atoms with Gasteiger partial charge in [-0.15, -0.1) is 0 Å². The SMILES string of the molecule is Cc1ccc2c(c1)C(O)CC1(CCN(CC(O)c3c(C)[nH]c4ccccc34)CC1)O2. The maximum Gasteiger partial charge on any atom is 0.125 e. The Morgan fingerprint density at radius 3 is 2.73 bits per heavy atom. The van der Waals surface area contributed by atoms with Gasteiger partial charge in [-0.1, -0.05) is 29.8 Å². The van der Waals surface area contributed by atoms with Crippen LogP contribution in [0.4, 0.5) is 0 Å². The first-order valence-electron chi connectivity index (χ1n) is 10.9. The van der Waals surface area contributed by atoms with E-state index in [9.17, 15) is 10.2 Å². The molecule has 0 radical (unpaired) electrons. The van der Waals surface area contributed by atoms with Crippen molar-refractivity contribution in [2.24, 2.45) is 0 Å². The van der Waals surface area contributed by atoms with Crippen molar-refractivity contribution in [3.63, 3.8) is 0 Å². The van der Waals surface area contributed by atoms with Gasteiger partial charge in [0.15, 0.2) is 0 Å². The number of ether oxygens (including phenoxy) is 1. The standard InChI is InChI=1S/C25H30N2O3/c1-16-7-8-23-19(13-16)21(28)14-25(30-23)9-11-27(12-10-25)15-22(29)24-17(2)26-20-6-4-3-5-18(20)24/h3-8,13,21-22,26,28-29H,9-12,14-15H2,1-2H3. The van der Waals surface area contributed by atoms with Crippen LogP contribution in [0.25, 0.3) is 10.9 Å². The lowest BCUT2D eigenvalue weighted by Gasteiger charge is -2.46. The summed E-state index contributed by atoms with van der Waals surface area (Å²) in [5, 5.41) is 22.8. The summed E-state index contributed by atoms with van der Waals surface area (Å²) in [5.74, 6) is 0.822. The number of nitrogens with zero attached hydrogens (tertiary/aromatic N) is 1. The van der Waals surface area contributed by atoms with Crippen LogP contribution in [-0.2, 0) is 0 Å². The van der Waals surface area contributed by atoms with Crippen molar-refractivity contribution in [3.05, 3.63) is 64.8 Å². The summed E-state index contributed by atoms with van der Waals surface area (Å²) in [7, 11) is 0. The first-order chi connectivity index (χ1) is 14.4. The van der Waals surface area contributed by atoms with Crippen LogP contribution in [0.5, 0.6) is 5.75 Å². The van der Waals surface area contributed by atoms with Crippen molar-refractivity contribution in [2.75, 3.05) is 19.6 Å². The van der Waals surface area contributed by atoms with Crippen molar-refractivity contribution >= 4 is 10.9 Å².